The Bertz CT molecular complexity index is 1200. The minimum Gasteiger partial charge on any atom is -0.493 e. The third-order valence-corrected chi connectivity index (χ3v) is 4.59. The highest BCUT2D eigenvalue weighted by molar-refractivity contribution is 5.93. The van der Waals surface area contributed by atoms with E-state index < -0.39 is 0 Å². The molecule has 0 bridgehead atoms. The quantitative estimate of drug-likeness (QED) is 0.466. The molecule has 4 aromatic rings. The van der Waals surface area contributed by atoms with Crippen LogP contribution in [-0.4, -0.2) is 31.2 Å². The topological polar surface area (TPSA) is 59.5 Å². The molecule has 7 heteroatoms. The van der Waals surface area contributed by atoms with Crippen molar-refractivity contribution in [2.45, 2.75) is 0 Å². The Kier molecular flexibility index (Phi) is 5.34. The lowest BCUT2D eigenvalue weighted by Gasteiger charge is -2.15. The van der Waals surface area contributed by atoms with Crippen LogP contribution in [0.25, 0.3) is 10.9 Å². The summed E-state index contributed by atoms with van der Waals surface area (Å²) in [7, 11) is 5.53. The predicted octanol–water partition coefficient (Wildman–Crippen LogP) is 5.38. The van der Waals surface area contributed by atoms with Gasteiger partial charge in [0, 0.05) is 43.0 Å². The third-order valence-electron chi connectivity index (χ3n) is 4.59. The fourth-order valence-corrected chi connectivity index (χ4v) is 3.05. The molecule has 1 heterocycles. The highest BCUT2D eigenvalue weighted by Crippen LogP contribution is 2.35. The van der Waals surface area contributed by atoms with Gasteiger partial charge in [-0.2, -0.15) is 0 Å². The van der Waals surface area contributed by atoms with E-state index in [1.54, 1.807) is 31.4 Å². The minimum atomic E-state index is -0.363. The van der Waals surface area contributed by atoms with Crippen LogP contribution >= 0.6 is 0 Å². The van der Waals surface area contributed by atoms with Crippen molar-refractivity contribution >= 4 is 28.1 Å². The second kappa shape index (κ2) is 8.24. The monoisotopic (exact) mass is 404 g/mol. The molecule has 6 nitrogen and oxygen atoms in total. The van der Waals surface area contributed by atoms with Crippen molar-refractivity contribution in [2.75, 3.05) is 31.4 Å². The second-order valence-electron chi connectivity index (χ2n) is 6.87. The zero-order chi connectivity index (χ0) is 21.1. The number of aromatic nitrogens is 2. The van der Waals surface area contributed by atoms with Crippen LogP contribution in [0.2, 0.25) is 0 Å². The van der Waals surface area contributed by atoms with Crippen LogP contribution in [0.1, 0.15) is 0 Å². The van der Waals surface area contributed by atoms with Crippen molar-refractivity contribution in [2.24, 2.45) is 0 Å². The van der Waals surface area contributed by atoms with Crippen LogP contribution in [0, 0.1) is 5.82 Å². The van der Waals surface area contributed by atoms with E-state index in [9.17, 15) is 4.39 Å². The van der Waals surface area contributed by atoms with Gasteiger partial charge in [0.05, 0.1) is 12.6 Å². The lowest BCUT2D eigenvalue weighted by molar-refractivity contribution is 0.378. The van der Waals surface area contributed by atoms with Crippen molar-refractivity contribution in [1.82, 2.24) is 9.97 Å². The summed E-state index contributed by atoms with van der Waals surface area (Å²) in [5, 5.41) is 4.23. The highest BCUT2D eigenvalue weighted by atomic mass is 19.1. The van der Waals surface area contributed by atoms with E-state index >= 15 is 0 Å². The van der Waals surface area contributed by atoms with Gasteiger partial charge in [-0.15, -0.1) is 0 Å². The number of methoxy groups -OCH3 is 1. The third kappa shape index (κ3) is 4.10. The number of benzene rings is 3. The maximum absolute atomic E-state index is 13.4. The summed E-state index contributed by atoms with van der Waals surface area (Å²) in [4.78, 5) is 10.8. The van der Waals surface area contributed by atoms with E-state index in [0.717, 1.165) is 22.3 Å². The second-order valence-corrected chi connectivity index (χ2v) is 6.87. The van der Waals surface area contributed by atoms with Gasteiger partial charge in [-0.1, -0.05) is 6.07 Å². The molecule has 0 atom stereocenters. The summed E-state index contributed by atoms with van der Waals surface area (Å²) in [6.45, 7) is 0. The normalized spacial score (nSPS) is 10.7. The van der Waals surface area contributed by atoms with E-state index in [1.165, 1.54) is 18.5 Å². The summed E-state index contributed by atoms with van der Waals surface area (Å²) in [5.41, 5.74) is 2.67. The van der Waals surface area contributed by atoms with E-state index in [2.05, 4.69) is 15.3 Å². The van der Waals surface area contributed by atoms with Crippen molar-refractivity contribution in [3.63, 3.8) is 0 Å². The van der Waals surface area contributed by atoms with Gasteiger partial charge in [0.15, 0.2) is 11.5 Å². The SMILES string of the molecule is COc1cc(Nc2ncnc3ccc(N(C)C)cc23)ccc1Oc1cccc(F)c1. The number of nitrogens with one attached hydrogen (secondary N) is 1. The number of nitrogens with zero attached hydrogens (tertiary/aromatic N) is 3. The average molecular weight is 404 g/mol. The highest BCUT2D eigenvalue weighted by Gasteiger charge is 2.11. The van der Waals surface area contributed by atoms with Gasteiger partial charge < -0.3 is 19.7 Å². The predicted molar refractivity (Wildman–Crippen MR) is 117 cm³/mol. The molecule has 152 valence electrons. The van der Waals surface area contributed by atoms with Crippen LogP contribution < -0.4 is 19.7 Å². The Labute approximate surface area is 173 Å². The first-order valence-corrected chi connectivity index (χ1v) is 9.34. The first-order valence-electron chi connectivity index (χ1n) is 9.34. The zero-order valence-corrected chi connectivity index (χ0v) is 16.9. The average Bonchev–Trinajstić information content (AvgIpc) is 2.74. The van der Waals surface area contributed by atoms with Crippen molar-refractivity contribution in [3.05, 3.63) is 72.8 Å². The number of anilines is 3. The Morgan fingerprint density at radius 2 is 1.80 bits per heavy atom. The number of fused-ring (bicyclic) bond motifs is 1. The van der Waals surface area contributed by atoms with Gasteiger partial charge in [-0.3, -0.25) is 0 Å². The molecule has 1 aromatic heterocycles. The molecule has 0 aliphatic heterocycles. The van der Waals surface area contributed by atoms with E-state index in [-0.39, 0.29) is 5.82 Å². The zero-order valence-electron chi connectivity index (χ0n) is 16.9. The summed E-state index contributed by atoms with van der Waals surface area (Å²) in [5.74, 6) is 1.71. The van der Waals surface area contributed by atoms with Crippen molar-refractivity contribution < 1.29 is 13.9 Å². The molecule has 0 aliphatic rings. The molecular formula is C23H21FN4O2. The van der Waals surface area contributed by atoms with Crippen LogP contribution in [-0.2, 0) is 0 Å². The number of hydrogen-bond donors (Lipinski definition) is 1. The van der Waals surface area contributed by atoms with Gasteiger partial charge in [0.1, 0.15) is 23.7 Å². The smallest absolute Gasteiger partial charge is 0.169 e. The fraction of sp³-hybridized carbons (Fsp3) is 0.130. The molecule has 0 amide bonds. The van der Waals surface area contributed by atoms with Gasteiger partial charge in [0.25, 0.3) is 0 Å². The Hall–Kier alpha value is -3.87. The molecule has 0 unspecified atom stereocenters. The van der Waals surface area contributed by atoms with Crippen LogP contribution in [0.3, 0.4) is 0 Å². The molecule has 0 radical (unpaired) electrons. The molecule has 30 heavy (non-hydrogen) atoms. The lowest BCUT2D eigenvalue weighted by Crippen LogP contribution is -2.08. The first-order chi connectivity index (χ1) is 14.5. The van der Waals surface area contributed by atoms with Gasteiger partial charge in [0.2, 0.25) is 0 Å². The largest absolute Gasteiger partial charge is 0.493 e. The van der Waals surface area contributed by atoms with Crippen molar-refractivity contribution in [1.29, 1.82) is 0 Å². The Morgan fingerprint density at radius 1 is 0.933 bits per heavy atom. The van der Waals surface area contributed by atoms with Gasteiger partial charge in [-0.25, -0.2) is 14.4 Å². The molecule has 3 aromatic carbocycles. The number of hydrogen-bond acceptors (Lipinski definition) is 6. The Morgan fingerprint density at radius 3 is 2.57 bits per heavy atom. The fourth-order valence-electron chi connectivity index (χ4n) is 3.05. The Balaban J connectivity index is 1.64. The molecule has 0 aliphatic carbocycles. The summed E-state index contributed by atoms with van der Waals surface area (Å²) < 4.78 is 24.7. The number of halogens is 1. The van der Waals surface area contributed by atoms with E-state index in [4.69, 9.17) is 9.47 Å². The number of rotatable bonds is 6. The van der Waals surface area contributed by atoms with Gasteiger partial charge >= 0.3 is 0 Å². The lowest BCUT2D eigenvalue weighted by atomic mass is 10.2. The molecule has 4 rings (SSSR count). The molecule has 0 spiro atoms. The molecule has 0 saturated carbocycles. The maximum Gasteiger partial charge on any atom is 0.169 e. The summed E-state index contributed by atoms with van der Waals surface area (Å²) in [6, 6.07) is 17.4. The number of ether oxygens (including phenoxy) is 2. The molecular weight excluding hydrogens is 383 g/mol. The summed E-state index contributed by atoms with van der Waals surface area (Å²) in [6.07, 6.45) is 1.53. The van der Waals surface area contributed by atoms with E-state index in [0.29, 0.717) is 23.1 Å². The summed E-state index contributed by atoms with van der Waals surface area (Å²) >= 11 is 0. The molecule has 1 N–H and O–H groups in total. The molecule has 0 saturated heterocycles. The van der Waals surface area contributed by atoms with Crippen LogP contribution in [0.5, 0.6) is 17.2 Å². The van der Waals surface area contributed by atoms with E-state index in [1.807, 2.05) is 43.3 Å². The minimum absolute atomic E-state index is 0.363. The standard InChI is InChI=1S/C23H21FN4O2/c1-28(2)17-8-9-20-19(13-17)23(26-14-25-20)27-16-7-10-21(22(12-16)29-3)30-18-6-4-5-15(24)11-18/h4-14H,1-3H3,(H,25,26,27). The van der Waals surface area contributed by atoms with Crippen LogP contribution in [0.4, 0.5) is 21.6 Å². The van der Waals surface area contributed by atoms with Crippen LogP contribution in [0.15, 0.2) is 67.0 Å². The maximum atomic E-state index is 13.4. The first kappa shape index (κ1) is 19.4. The van der Waals surface area contributed by atoms with Gasteiger partial charge in [-0.05, 0) is 42.5 Å². The van der Waals surface area contributed by atoms with Crippen molar-refractivity contribution in [3.8, 4) is 17.2 Å². The molecule has 0 fully saturated rings.